The van der Waals surface area contributed by atoms with Crippen LogP contribution in [-0.2, 0) is 13.1 Å². The van der Waals surface area contributed by atoms with E-state index in [4.69, 9.17) is 0 Å². The van der Waals surface area contributed by atoms with E-state index in [-0.39, 0.29) is 5.54 Å². The van der Waals surface area contributed by atoms with Crippen LogP contribution in [0.2, 0.25) is 0 Å². The zero-order chi connectivity index (χ0) is 15.5. The van der Waals surface area contributed by atoms with Gasteiger partial charge in [0.1, 0.15) is 0 Å². The van der Waals surface area contributed by atoms with E-state index in [9.17, 15) is 0 Å². The van der Waals surface area contributed by atoms with Gasteiger partial charge in [0.05, 0.1) is 0 Å². The molecule has 1 aromatic rings. The highest BCUT2D eigenvalue weighted by atomic mass is 32.1. The van der Waals surface area contributed by atoms with E-state index in [1.807, 2.05) is 11.3 Å². The van der Waals surface area contributed by atoms with Crippen molar-refractivity contribution in [3.8, 4) is 0 Å². The van der Waals surface area contributed by atoms with Crippen molar-refractivity contribution in [2.24, 2.45) is 5.92 Å². The van der Waals surface area contributed by atoms with Crippen LogP contribution in [0.15, 0.2) is 6.07 Å². The molecule has 0 spiro atoms. The molecule has 1 heterocycles. The molecule has 3 heteroatoms. The highest BCUT2D eigenvalue weighted by Crippen LogP contribution is 2.27. The van der Waals surface area contributed by atoms with Gasteiger partial charge in [-0.25, -0.2) is 0 Å². The highest BCUT2D eigenvalue weighted by molar-refractivity contribution is 7.12. The zero-order valence-electron chi connectivity index (χ0n) is 14.5. The number of aryl methyl sites for hydroxylation is 1. The molecule has 1 aliphatic carbocycles. The average molecular weight is 309 g/mol. The molecule has 1 aliphatic rings. The Morgan fingerprint density at radius 1 is 1.29 bits per heavy atom. The molecule has 1 N–H and O–H groups in total. The first kappa shape index (κ1) is 17.0. The molecule has 0 radical (unpaired) electrons. The largest absolute Gasteiger partial charge is 0.307 e. The standard InChI is InChI=1S/C18H32N2S/c1-14-16(10-17(21-14)11-19-18(2,3)4)13-20(5)12-15-8-6-7-9-15/h10,15,19H,6-9,11-13H2,1-5H3. The van der Waals surface area contributed by atoms with Gasteiger partial charge in [-0.05, 0) is 65.1 Å². The van der Waals surface area contributed by atoms with Gasteiger partial charge in [-0.2, -0.15) is 0 Å². The fourth-order valence-corrected chi connectivity index (χ4v) is 4.17. The molecule has 0 bridgehead atoms. The van der Waals surface area contributed by atoms with E-state index >= 15 is 0 Å². The van der Waals surface area contributed by atoms with Crippen LogP contribution in [0.1, 0.15) is 61.8 Å². The summed E-state index contributed by atoms with van der Waals surface area (Å²) in [7, 11) is 2.28. The first-order chi connectivity index (χ1) is 9.83. The maximum Gasteiger partial charge on any atom is 0.0304 e. The predicted octanol–water partition coefficient (Wildman–Crippen LogP) is 4.57. The van der Waals surface area contributed by atoms with Gasteiger partial charge < -0.3 is 10.2 Å². The van der Waals surface area contributed by atoms with Gasteiger partial charge in [0.2, 0.25) is 0 Å². The number of rotatable bonds is 6. The van der Waals surface area contributed by atoms with Crippen molar-refractivity contribution in [2.75, 3.05) is 13.6 Å². The molecule has 0 saturated heterocycles. The lowest BCUT2D eigenvalue weighted by Gasteiger charge is -2.20. The molecular weight excluding hydrogens is 276 g/mol. The lowest BCUT2D eigenvalue weighted by atomic mass is 10.1. The van der Waals surface area contributed by atoms with Gasteiger partial charge in [-0.1, -0.05) is 12.8 Å². The van der Waals surface area contributed by atoms with Gasteiger partial charge in [0.15, 0.2) is 0 Å². The molecule has 1 saturated carbocycles. The molecular formula is C18H32N2S. The van der Waals surface area contributed by atoms with Crippen LogP contribution in [-0.4, -0.2) is 24.0 Å². The summed E-state index contributed by atoms with van der Waals surface area (Å²) in [4.78, 5) is 5.47. The molecule has 0 aliphatic heterocycles. The number of thiophene rings is 1. The monoisotopic (exact) mass is 308 g/mol. The fourth-order valence-electron chi connectivity index (χ4n) is 3.17. The third-order valence-corrected chi connectivity index (χ3v) is 5.44. The Labute approximate surface area is 134 Å². The minimum Gasteiger partial charge on any atom is -0.307 e. The Morgan fingerprint density at radius 3 is 2.57 bits per heavy atom. The van der Waals surface area contributed by atoms with E-state index in [0.717, 1.165) is 19.0 Å². The second kappa shape index (κ2) is 7.26. The van der Waals surface area contributed by atoms with Crippen molar-refractivity contribution in [3.05, 3.63) is 21.4 Å². The second-order valence-electron chi connectivity index (χ2n) is 7.74. The van der Waals surface area contributed by atoms with E-state index in [1.165, 1.54) is 47.5 Å². The van der Waals surface area contributed by atoms with Crippen LogP contribution in [0.25, 0.3) is 0 Å². The Bertz CT molecular complexity index is 439. The quantitative estimate of drug-likeness (QED) is 0.828. The maximum atomic E-state index is 3.59. The normalized spacial score (nSPS) is 17.0. The van der Waals surface area contributed by atoms with Crippen molar-refractivity contribution in [3.63, 3.8) is 0 Å². The summed E-state index contributed by atoms with van der Waals surface area (Å²) in [6.45, 7) is 12.3. The number of hydrogen-bond donors (Lipinski definition) is 1. The Hall–Kier alpha value is -0.380. The minimum atomic E-state index is 0.192. The first-order valence-corrected chi connectivity index (χ1v) is 9.17. The molecule has 0 atom stereocenters. The van der Waals surface area contributed by atoms with Crippen LogP contribution in [0, 0.1) is 12.8 Å². The summed E-state index contributed by atoms with van der Waals surface area (Å²) in [6.07, 6.45) is 5.76. The van der Waals surface area contributed by atoms with Gasteiger partial charge in [-0.3, -0.25) is 0 Å². The molecule has 1 aromatic heterocycles. The third kappa shape index (κ3) is 5.72. The van der Waals surface area contributed by atoms with Crippen molar-refractivity contribution < 1.29 is 0 Å². The van der Waals surface area contributed by atoms with Crippen molar-refractivity contribution >= 4 is 11.3 Å². The SMILES string of the molecule is Cc1sc(CNC(C)(C)C)cc1CN(C)CC1CCCC1. The fraction of sp³-hybridized carbons (Fsp3) is 0.778. The van der Waals surface area contributed by atoms with Crippen molar-refractivity contribution in [1.82, 2.24) is 10.2 Å². The van der Waals surface area contributed by atoms with Crippen molar-refractivity contribution in [2.45, 2.75) is 72.0 Å². The van der Waals surface area contributed by atoms with E-state index in [2.05, 4.69) is 51.0 Å². The van der Waals surface area contributed by atoms with Crippen LogP contribution in [0.3, 0.4) is 0 Å². The Kier molecular flexibility index (Phi) is 5.87. The molecule has 0 aromatic carbocycles. The predicted molar refractivity (Wildman–Crippen MR) is 93.9 cm³/mol. The van der Waals surface area contributed by atoms with E-state index in [1.54, 1.807) is 0 Å². The van der Waals surface area contributed by atoms with Crippen LogP contribution in [0.4, 0.5) is 0 Å². The van der Waals surface area contributed by atoms with Gasteiger partial charge in [-0.15, -0.1) is 11.3 Å². The summed E-state index contributed by atoms with van der Waals surface area (Å²) in [5.74, 6) is 0.941. The van der Waals surface area contributed by atoms with Crippen LogP contribution >= 0.6 is 11.3 Å². The molecule has 21 heavy (non-hydrogen) atoms. The molecule has 1 fully saturated rings. The number of hydrogen-bond acceptors (Lipinski definition) is 3. The van der Waals surface area contributed by atoms with Gasteiger partial charge >= 0.3 is 0 Å². The van der Waals surface area contributed by atoms with Crippen molar-refractivity contribution in [1.29, 1.82) is 0 Å². The summed E-state index contributed by atoms with van der Waals surface area (Å²) < 4.78 is 0. The topological polar surface area (TPSA) is 15.3 Å². The van der Waals surface area contributed by atoms with Crippen LogP contribution < -0.4 is 5.32 Å². The average Bonchev–Trinajstić information content (AvgIpc) is 2.97. The number of nitrogens with zero attached hydrogens (tertiary/aromatic N) is 1. The molecule has 0 amide bonds. The minimum absolute atomic E-state index is 0.192. The lowest BCUT2D eigenvalue weighted by Crippen LogP contribution is -2.34. The summed E-state index contributed by atoms with van der Waals surface area (Å²) >= 11 is 1.95. The summed E-state index contributed by atoms with van der Waals surface area (Å²) in [5, 5.41) is 3.59. The maximum absolute atomic E-state index is 3.59. The lowest BCUT2D eigenvalue weighted by molar-refractivity contribution is 0.271. The number of nitrogens with one attached hydrogen (secondary N) is 1. The van der Waals surface area contributed by atoms with E-state index < -0.39 is 0 Å². The molecule has 2 nitrogen and oxygen atoms in total. The smallest absolute Gasteiger partial charge is 0.0304 e. The Morgan fingerprint density at radius 2 is 1.95 bits per heavy atom. The first-order valence-electron chi connectivity index (χ1n) is 8.35. The molecule has 120 valence electrons. The van der Waals surface area contributed by atoms with Gasteiger partial charge in [0, 0.05) is 34.9 Å². The van der Waals surface area contributed by atoms with E-state index in [0.29, 0.717) is 0 Å². The highest BCUT2D eigenvalue weighted by Gasteiger charge is 2.18. The van der Waals surface area contributed by atoms with Crippen LogP contribution in [0.5, 0.6) is 0 Å². The zero-order valence-corrected chi connectivity index (χ0v) is 15.3. The Balaban J connectivity index is 1.86. The summed E-state index contributed by atoms with van der Waals surface area (Å²) in [6, 6.07) is 2.41. The third-order valence-electron chi connectivity index (χ3n) is 4.35. The molecule has 2 rings (SSSR count). The second-order valence-corrected chi connectivity index (χ2v) is 9.09. The summed E-state index contributed by atoms with van der Waals surface area (Å²) in [5.41, 5.74) is 1.71. The molecule has 0 unspecified atom stereocenters. The van der Waals surface area contributed by atoms with Gasteiger partial charge in [0.25, 0.3) is 0 Å².